The van der Waals surface area contributed by atoms with E-state index in [0.29, 0.717) is 11.2 Å². The number of nitrogens with one attached hydrogen (secondary N) is 2. The monoisotopic (exact) mass is 435 g/mol. The smallest absolute Gasteiger partial charge is 0.303 e. The molecule has 3 aromatic rings. The zero-order valence-electron chi connectivity index (χ0n) is 17.6. The lowest BCUT2D eigenvalue weighted by Gasteiger charge is -2.30. The number of hydrazone groups is 2. The van der Waals surface area contributed by atoms with Gasteiger partial charge in [-0.3, -0.25) is 0 Å². The van der Waals surface area contributed by atoms with Crippen LogP contribution in [0, 0.1) is 11.3 Å². The summed E-state index contributed by atoms with van der Waals surface area (Å²) in [6.07, 6.45) is 4.58. The van der Waals surface area contributed by atoms with Crippen LogP contribution in [0.25, 0.3) is 10.2 Å². The first-order valence-electron chi connectivity index (χ1n) is 10.5. The molecule has 0 saturated carbocycles. The van der Waals surface area contributed by atoms with E-state index in [9.17, 15) is 0 Å². The first-order valence-corrected chi connectivity index (χ1v) is 11.4. The molecule has 8 heteroatoms. The van der Waals surface area contributed by atoms with Gasteiger partial charge < -0.3 is 9.64 Å². The highest BCUT2D eigenvalue weighted by Gasteiger charge is 2.22. The van der Waals surface area contributed by atoms with Gasteiger partial charge in [-0.1, -0.05) is 35.6 Å². The Morgan fingerprint density at radius 3 is 2.71 bits per heavy atom. The normalized spacial score (nSPS) is 15.5. The number of nitrogens with zero attached hydrogens (tertiary/aromatic N) is 4. The Kier molecular flexibility index (Phi) is 6.97. The second-order valence-corrected chi connectivity index (χ2v) is 8.53. The summed E-state index contributed by atoms with van der Waals surface area (Å²) in [4.78, 5) is 8.67. The van der Waals surface area contributed by atoms with Crippen LogP contribution in [-0.2, 0) is 6.42 Å². The lowest BCUT2D eigenvalue weighted by Crippen LogP contribution is -2.49. The molecule has 0 unspecified atom stereocenters. The Balaban J connectivity index is 1.23. The minimum atomic E-state index is 0.382. The van der Waals surface area contributed by atoms with Crippen LogP contribution in [0.5, 0.6) is 10.9 Å². The molecule has 7 nitrogen and oxygen atoms in total. The number of hydrazine groups is 2. The van der Waals surface area contributed by atoms with Crippen LogP contribution in [-0.4, -0.2) is 53.6 Å². The average molecular weight is 436 g/mol. The molecule has 0 radical (unpaired) electrons. The molecule has 160 valence electrons. The Hall–Kier alpha value is -3.15. The van der Waals surface area contributed by atoms with Crippen LogP contribution >= 0.6 is 11.3 Å². The Morgan fingerprint density at radius 1 is 1.23 bits per heavy atom. The highest BCUT2D eigenvalue weighted by Crippen LogP contribution is 2.31. The molecule has 0 bridgehead atoms. The van der Waals surface area contributed by atoms with Gasteiger partial charge in [0.05, 0.1) is 23.3 Å². The van der Waals surface area contributed by atoms with E-state index in [0.717, 1.165) is 54.9 Å². The standard InChI is InChI=1S/C23H27N6OS/c1-25-29(17-13-24)27-19-11-15-28(16-12-19)14-10-18-6-8-20(9-7-18)30-23-26-21-4-2-3-5-22(21)31-23/h2-9,17,19,25,27H,10-12,14-16H2,1H3/q+1. The summed E-state index contributed by atoms with van der Waals surface area (Å²) in [6.45, 7) is 3.16. The maximum absolute atomic E-state index is 8.79. The van der Waals surface area contributed by atoms with Crippen LogP contribution in [0.4, 0.5) is 0 Å². The van der Waals surface area contributed by atoms with Crippen molar-refractivity contribution < 1.29 is 9.53 Å². The third-order valence-electron chi connectivity index (χ3n) is 5.46. The maximum atomic E-state index is 8.79. The number of thiazole rings is 1. The molecule has 1 saturated heterocycles. The van der Waals surface area contributed by atoms with Crippen molar-refractivity contribution in [1.29, 1.82) is 5.26 Å². The lowest BCUT2D eigenvalue weighted by atomic mass is 10.0. The summed E-state index contributed by atoms with van der Waals surface area (Å²) >= 11 is 1.56. The molecule has 2 N–H and O–H groups in total. The van der Waals surface area contributed by atoms with Crippen molar-refractivity contribution >= 4 is 27.8 Å². The molecular weight excluding hydrogens is 408 g/mol. The summed E-state index contributed by atoms with van der Waals surface area (Å²) in [5, 5.41) is 9.47. The number of para-hydroxylation sites is 1. The maximum Gasteiger partial charge on any atom is 0.303 e. The van der Waals surface area contributed by atoms with Gasteiger partial charge in [0.1, 0.15) is 5.75 Å². The summed E-state index contributed by atoms with van der Waals surface area (Å²) in [7, 11) is 1.80. The van der Waals surface area contributed by atoms with E-state index in [1.165, 1.54) is 11.8 Å². The van der Waals surface area contributed by atoms with Gasteiger partial charge in [-0.05, 0) is 49.1 Å². The highest BCUT2D eigenvalue weighted by atomic mass is 32.1. The highest BCUT2D eigenvalue weighted by molar-refractivity contribution is 7.20. The van der Waals surface area contributed by atoms with E-state index in [1.54, 1.807) is 23.2 Å². The van der Waals surface area contributed by atoms with Crippen molar-refractivity contribution in [2.45, 2.75) is 25.3 Å². The van der Waals surface area contributed by atoms with Crippen molar-refractivity contribution in [3.63, 3.8) is 0 Å². The van der Waals surface area contributed by atoms with Crippen molar-refractivity contribution in [3.05, 3.63) is 54.1 Å². The summed E-state index contributed by atoms with van der Waals surface area (Å²) in [6, 6.07) is 18.8. The number of ether oxygens (including phenoxy) is 1. The van der Waals surface area contributed by atoms with E-state index >= 15 is 0 Å². The molecule has 0 atom stereocenters. The number of nitriles is 1. The van der Waals surface area contributed by atoms with Crippen molar-refractivity contribution in [1.82, 2.24) is 20.7 Å². The van der Waals surface area contributed by atoms with Crippen molar-refractivity contribution in [2.75, 3.05) is 26.7 Å². The number of hydrogen-bond donors (Lipinski definition) is 2. The lowest BCUT2D eigenvalue weighted by molar-refractivity contribution is -0.639. The molecule has 1 aliphatic heterocycles. The third-order valence-corrected chi connectivity index (χ3v) is 6.37. The van der Waals surface area contributed by atoms with Gasteiger partial charge in [-0.15, -0.1) is 0 Å². The van der Waals surface area contributed by atoms with E-state index < -0.39 is 0 Å². The Bertz CT molecular complexity index is 1030. The molecule has 0 aliphatic carbocycles. The van der Waals surface area contributed by atoms with Gasteiger partial charge in [0.15, 0.2) is 6.07 Å². The Labute approximate surface area is 186 Å². The number of likely N-dealkylation sites (tertiary alicyclic amines) is 1. The van der Waals surface area contributed by atoms with Gasteiger partial charge in [-0.25, -0.2) is 4.98 Å². The van der Waals surface area contributed by atoms with Gasteiger partial charge in [0.25, 0.3) is 5.19 Å². The van der Waals surface area contributed by atoms with E-state index in [2.05, 4.69) is 38.9 Å². The van der Waals surface area contributed by atoms with E-state index in [-0.39, 0.29) is 0 Å². The summed E-state index contributed by atoms with van der Waals surface area (Å²) < 4.78 is 7.08. The Morgan fingerprint density at radius 2 is 2.00 bits per heavy atom. The molecule has 4 rings (SSSR count). The topological polar surface area (TPSA) is 76.2 Å². The predicted octanol–water partition coefficient (Wildman–Crippen LogP) is 3.34. The van der Waals surface area contributed by atoms with Gasteiger partial charge >= 0.3 is 6.21 Å². The number of piperidine rings is 1. The fourth-order valence-corrected chi connectivity index (χ4v) is 4.55. The average Bonchev–Trinajstić information content (AvgIpc) is 3.21. The fraction of sp³-hybridized carbons (Fsp3) is 0.348. The zero-order chi connectivity index (χ0) is 21.5. The first-order chi connectivity index (χ1) is 15.2. The largest absolute Gasteiger partial charge is 0.431 e. The minimum Gasteiger partial charge on any atom is -0.431 e. The van der Waals surface area contributed by atoms with Crippen LogP contribution in [0.1, 0.15) is 18.4 Å². The molecule has 2 aromatic carbocycles. The number of aromatic nitrogens is 1. The SMILES string of the molecule is CN[N+](=CC#N)NC1CCN(CCc2ccc(Oc3nc4ccccc4s3)cc2)CC1. The van der Waals surface area contributed by atoms with Crippen molar-refractivity contribution in [3.8, 4) is 17.0 Å². The summed E-state index contributed by atoms with van der Waals surface area (Å²) in [5.74, 6) is 0.818. The number of rotatable bonds is 8. The zero-order valence-corrected chi connectivity index (χ0v) is 18.4. The quantitative estimate of drug-likeness (QED) is 0.321. The second-order valence-electron chi connectivity index (χ2n) is 7.54. The first kappa shape index (κ1) is 21.1. The van der Waals surface area contributed by atoms with Crippen LogP contribution < -0.4 is 15.6 Å². The fourth-order valence-electron chi connectivity index (χ4n) is 3.71. The second kappa shape index (κ2) is 10.2. The van der Waals surface area contributed by atoms with Gasteiger partial charge in [-0.2, -0.15) is 16.1 Å². The molecule has 1 aliphatic rings. The molecule has 1 aromatic heterocycles. The van der Waals surface area contributed by atoms with E-state index in [4.69, 9.17) is 10.00 Å². The molecule has 31 heavy (non-hydrogen) atoms. The van der Waals surface area contributed by atoms with Gasteiger partial charge in [0.2, 0.25) is 0 Å². The van der Waals surface area contributed by atoms with Crippen molar-refractivity contribution in [2.24, 2.45) is 0 Å². The number of benzene rings is 2. The number of fused-ring (bicyclic) bond motifs is 1. The minimum absolute atomic E-state index is 0.382. The van der Waals surface area contributed by atoms with Crippen LogP contribution in [0.2, 0.25) is 0 Å². The number of hydrogen-bond acceptors (Lipinski definition) is 7. The third kappa shape index (κ3) is 5.72. The molecule has 2 heterocycles. The molecule has 0 spiro atoms. The predicted molar refractivity (Wildman–Crippen MR) is 123 cm³/mol. The summed E-state index contributed by atoms with van der Waals surface area (Å²) in [5.41, 5.74) is 8.57. The van der Waals surface area contributed by atoms with Crippen LogP contribution in [0.3, 0.4) is 0 Å². The van der Waals surface area contributed by atoms with E-state index in [1.807, 2.05) is 36.4 Å². The molecule has 1 fully saturated rings. The van der Waals surface area contributed by atoms with Gasteiger partial charge in [0, 0.05) is 24.4 Å². The molecule has 0 amide bonds. The molecular formula is C23H27N6OS+. The van der Waals surface area contributed by atoms with Crippen LogP contribution in [0.15, 0.2) is 48.5 Å².